The highest BCUT2D eigenvalue weighted by molar-refractivity contribution is 7.19. The van der Waals surface area contributed by atoms with Gasteiger partial charge < -0.3 is 5.73 Å². The van der Waals surface area contributed by atoms with E-state index < -0.39 is 0 Å². The Bertz CT molecular complexity index is 717. The molecule has 1 aromatic carbocycles. The summed E-state index contributed by atoms with van der Waals surface area (Å²) in [6, 6.07) is 8.09. The summed E-state index contributed by atoms with van der Waals surface area (Å²) >= 11 is 1.74. The van der Waals surface area contributed by atoms with Crippen molar-refractivity contribution < 1.29 is 0 Å². The Kier molecular flexibility index (Phi) is 2.67. The molecule has 0 saturated carbocycles. The molecule has 1 atom stereocenters. The summed E-state index contributed by atoms with van der Waals surface area (Å²) in [7, 11) is 0. The summed E-state index contributed by atoms with van der Waals surface area (Å²) in [6.07, 6.45) is 1.09. The minimum absolute atomic E-state index is 0.473. The van der Waals surface area contributed by atoms with Crippen LogP contribution in [0.4, 0.5) is 5.82 Å². The summed E-state index contributed by atoms with van der Waals surface area (Å²) in [4.78, 5) is 9.09. The third kappa shape index (κ3) is 1.64. The fourth-order valence-corrected chi connectivity index (χ4v) is 3.27. The zero-order valence-corrected chi connectivity index (χ0v) is 11.3. The van der Waals surface area contributed by atoms with E-state index in [4.69, 9.17) is 5.73 Å². The number of nitrogens with zero attached hydrogens (tertiary/aromatic N) is 2. The van der Waals surface area contributed by atoms with Crippen LogP contribution in [0.1, 0.15) is 31.2 Å². The van der Waals surface area contributed by atoms with Gasteiger partial charge in [0.1, 0.15) is 5.52 Å². The Morgan fingerprint density at radius 1 is 1.28 bits per heavy atom. The average Bonchev–Trinajstić information content (AvgIpc) is 2.84. The number of benzene rings is 1. The number of thiazole rings is 1. The minimum Gasteiger partial charge on any atom is -0.382 e. The predicted octanol–water partition coefficient (Wildman–Crippen LogP) is 3.94. The second-order valence-corrected chi connectivity index (χ2v) is 5.58. The molecule has 0 aliphatic rings. The molecule has 3 nitrogen and oxygen atoms in total. The Morgan fingerprint density at radius 2 is 2.06 bits per heavy atom. The molecule has 0 aliphatic carbocycles. The van der Waals surface area contributed by atoms with Crippen molar-refractivity contribution >= 4 is 38.3 Å². The van der Waals surface area contributed by atoms with E-state index in [9.17, 15) is 0 Å². The molecule has 0 bridgehead atoms. The normalized spacial score (nSPS) is 13.2. The summed E-state index contributed by atoms with van der Waals surface area (Å²) in [5.41, 5.74) is 7.81. The van der Waals surface area contributed by atoms with E-state index in [0.717, 1.165) is 32.5 Å². The first-order chi connectivity index (χ1) is 8.70. The number of pyridine rings is 1. The fraction of sp³-hybridized carbons (Fsp3) is 0.286. The predicted molar refractivity (Wildman–Crippen MR) is 78.0 cm³/mol. The third-order valence-corrected chi connectivity index (χ3v) is 4.63. The number of fused-ring (bicyclic) bond motifs is 3. The lowest BCUT2D eigenvalue weighted by Crippen LogP contribution is -1.93. The van der Waals surface area contributed by atoms with Crippen LogP contribution in [0, 0.1) is 0 Å². The number of anilines is 1. The quantitative estimate of drug-likeness (QED) is 0.756. The van der Waals surface area contributed by atoms with Gasteiger partial charge in [-0.15, -0.1) is 11.3 Å². The highest BCUT2D eigenvalue weighted by atomic mass is 32.1. The number of nitrogen functional groups attached to an aromatic ring is 1. The first-order valence-electron chi connectivity index (χ1n) is 6.15. The first kappa shape index (κ1) is 11.4. The number of rotatable bonds is 2. The second kappa shape index (κ2) is 4.21. The van der Waals surface area contributed by atoms with Crippen LogP contribution < -0.4 is 5.73 Å². The molecule has 3 rings (SSSR count). The largest absolute Gasteiger partial charge is 0.382 e. The van der Waals surface area contributed by atoms with E-state index >= 15 is 0 Å². The lowest BCUT2D eigenvalue weighted by atomic mass is 10.1. The summed E-state index contributed by atoms with van der Waals surface area (Å²) < 4.78 is 1.16. The molecule has 3 aromatic rings. The van der Waals surface area contributed by atoms with Gasteiger partial charge in [-0.3, -0.25) is 0 Å². The van der Waals surface area contributed by atoms with E-state index in [0.29, 0.717) is 11.7 Å². The molecule has 2 N–H and O–H groups in total. The molecular weight excluding hydrogens is 242 g/mol. The zero-order valence-electron chi connectivity index (χ0n) is 10.5. The van der Waals surface area contributed by atoms with Crippen LogP contribution in [0.25, 0.3) is 21.1 Å². The van der Waals surface area contributed by atoms with Crippen molar-refractivity contribution in [3.05, 3.63) is 29.3 Å². The number of aromatic nitrogens is 2. The molecule has 0 amide bonds. The van der Waals surface area contributed by atoms with Crippen LogP contribution >= 0.6 is 11.3 Å². The SMILES string of the molecule is CC[C@H](C)c1nc2c(N)nc3ccccc3c2s1. The molecule has 0 aliphatic heterocycles. The highest BCUT2D eigenvalue weighted by Crippen LogP contribution is 2.35. The number of para-hydroxylation sites is 1. The molecule has 0 radical (unpaired) electrons. The van der Waals surface area contributed by atoms with Gasteiger partial charge in [0.05, 0.1) is 15.2 Å². The van der Waals surface area contributed by atoms with Gasteiger partial charge in [0.2, 0.25) is 0 Å². The Balaban J connectivity index is 2.37. The van der Waals surface area contributed by atoms with Gasteiger partial charge in [0.15, 0.2) is 5.82 Å². The van der Waals surface area contributed by atoms with Crippen LogP contribution in [0.2, 0.25) is 0 Å². The number of hydrogen-bond acceptors (Lipinski definition) is 4. The van der Waals surface area contributed by atoms with E-state index in [-0.39, 0.29) is 0 Å². The van der Waals surface area contributed by atoms with Crippen molar-refractivity contribution in [2.75, 3.05) is 5.73 Å². The van der Waals surface area contributed by atoms with Crippen LogP contribution in [0.15, 0.2) is 24.3 Å². The van der Waals surface area contributed by atoms with Gasteiger partial charge in [0, 0.05) is 11.3 Å². The van der Waals surface area contributed by atoms with Gasteiger partial charge in [0.25, 0.3) is 0 Å². The maximum atomic E-state index is 6.01. The smallest absolute Gasteiger partial charge is 0.151 e. The van der Waals surface area contributed by atoms with Crippen LogP contribution in [-0.2, 0) is 0 Å². The third-order valence-electron chi connectivity index (χ3n) is 3.31. The second-order valence-electron chi connectivity index (χ2n) is 4.55. The summed E-state index contributed by atoms with van der Waals surface area (Å²) in [5, 5.41) is 2.30. The number of nitrogens with two attached hydrogens (primary N) is 1. The van der Waals surface area contributed by atoms with Crippen molar-refractivity contribution in [2.45, 2.75) is 26.2 Å². The van der Waals surface area contributed by atoms with Crippen molar-refractivity contribution in [3.8, 4) is 0 Å². The molecule has 18 heavy (non-hydrogen) atoms. The highest BCUT2D eigenvalue weighted by Gasteiger charge is 2.14. The molecule has 92 valence electrons. The maximum absolute atomic E-state index is 6.01. The van der Waals surface area contributed by atoms with Gasteiger partial charge in [-0.2, -0.15) is 0 Å². The summed E-state index contributed by atoms with van der Waals surface area (Å²) in [6.45, 7) is 4.37. The standard InChI is InChI=1S/C14H15N3S/c1-3-8(2)14-17-11-12(18-14)9-6-4-5-7-10(9)16-13(11)15/h4-8H,3H2,1-2H3,(H2,15,16)/t8-/m0/s1. The summed E-state index contributed by atoms with van der Waals surface area (Å²) in [5.74, 6) is 1.01. The van der Waals surface area contributed by atoms with E-state index in [2.05, 4.69) is 29.9 Å². The monoisotopic (exact) mass is 257 g/mol. The fourth-order valence-electron chi connectivity index (χ4n) is 2.02. The van der Waals surface area contributed by atoms with Gasteiger partial charge in [-0.05, 0) is 12.5 Å². The molecule has 0 saturated heterocycles. The number of hydrogen-bond donors (Lipinski definition) is 1. The molecule has 0 spiro atoms. The van der Waals surface area contributed by atoms with Gasteiger partial charge in [-0.25, -0.2) is 9.97 Å². The zero-order chi connectivity index (χ0) is 12.7. The van der Waals surface area contributed by atoms with Crippen molar-refractivity contribution in [3.63, 3.8) is 0 Å². The first-order valence-corrected chi connectivity index (χ1v) is 6.97. The van der Waals surface area contributed by atoms with E-state index in [1.807, 2.05) is 18.2 Å². The van der Waals surface area contributed by atoms with Crippen LogP contribution in [0.3, 0.4) is 0 Å². The van der Waals surface area contributed by atoms with Crippen LogP contribution in [0.5, 0.6) is 0 Å². The maximum Gasteiger partial charge on any atom is 0.151 e. The van der Waals surface area contributed by atoms with Crippen molar-refractivity contribution in [2.24, 2.45) is 0 Å². The molecular formula is C14H15N3S. The Labute approximate surface area is 110 Å². The lowest BCUT2D eigenvalue weighted by molar-refractivity contribution is 0.729. The van der Waals surface area contributed by atoms with Crippen molar-refractivity contribution in [1.82, 2.24) is 9.97 Å². The van der Waals surface area contributed by atoms with E-state index in [1.54, 1.807) is 11.3 Å². The molecule has 0 unspecified atom stereocenters. The Morgan fingerprint density at radius 3 is 2.83 bits per heavy atom. The van der Waals surface area contributed by atoms with Crippen molar-refractivity contribution in [1.29, 1.82) is 0 Å². The molecule has 2 aromatic heterocycles. The molecule has 0 fully saturated rings. The Hall–Kier alpha value is -1.68. The molecule has 4 heteroatoms. The molecule has 2 heterocycles. The lowest BCUT2D eigenvalue weighted by Gasteiger charge is -2.00. The van der Waals surface area contributed by atoms with Crippen LogP contribution in [-0.4, -0.2) is 9.97 Å². The van der Waals surface area contributed by atoms with Gasteiger partial charge >= 0.3 is 0 Å². The van der Waals surface area contributed by atoms with E-state index in [1.165, 1.54) is 0 Å². The average molecular weight is 257 g/mol. The minimum atomic E-state index is 0.473. The van der Waals surface area contributed by atoms with Gasteiger partial charge in [-0.1, -0.05) is 32.0 Å². The topological polar surface area (TPSA) is 51.8 Å².